The van der Waals surface area contributed by atoms with Gasteiger partial charge >= 0.3 is 0 Å². The molecule has 2 N–H and O–H groups in total. The number of benzene rings is 3. The first-order valence-corrected chi connectivity index (χ1v) is 8.85. The van der Waals surface area contributed by atoms with Gasteiger partial charge < -0.3 is 10.2 Å². The van der Waals surface area contributed by atoms with Crippen LogP contribution in [0.2, 0.25) is 0 Å². The summed E-state index contributed by atoms with van der Waals surface area (Å²) in [6.45, 7) is 0.253. The van der Waals surface area contributed by atoms with Crippen LogP contribution in [0.15, 0.2) is 88.6 Å². The van der Waals surface area contributed by atoms with Crippen LogP contribution < -0.4 is 5.56 Å². The maximum absolute atomic E-state index is 13.0. The van der Waals surface area contributed by atoms with E-state index in [9.17, 15) is 15.0 Å². The fourth-order valence-corrected chi connectivity index (χ4v) is 3.16. The quantitative estimate of drug-likeness (QED) is 0.529. The summed E-state index contributed by atoms with van der Waals surface area (Å²) < 4.78 is 1.35. The van der Waals surface area contributed by atoms with Crippen molar-refractivity contribution in [1.29, 1.82) is 0 Å². The molecule has 0 bridgehead atoms. The Morgan fingerprint density at radius 1 is 0.857 bits per heavy atom. The van der Waals surface area contributed by atoms with E-state index in [0.717, 1.165) is 5.56 Å². The molecule has 0 aliphatic carbocycles. The van der Waals surface area contributed by atoms with Gasteiger partial charge in [-0.15, -0.1) is 0 Å². The fraction of sp³-hybridized carbons (Fsp3) is 0.0435. The van der Waals surface area contributed by atoms with Gasteiger partial charge in [0, 0.05) is 23.1 Å². The molecule has 0 atom stereocenters. The molecule has 3 aromatic carbocycles. The zero-order valence-electron chi connectivity index (χ0n) is 15.0. The smallest absolute Gasteiger partial charge is 0.261 e. The van der Waals surface area contributed by atoms with Gasteiger partial charge in [0.2, 0.25) is 5.88 Å². The Balaban J connectivity index is 1.88. The Hall–Kier alpha value is -3.86. The molecule has 0 saturated heterocycles. The topological polar surface area (TPSA) is 74.8 Å². The van der Waals surface area contributed by atoms with Gasteiger partial charge in [-0.05, 0) is 23.8 Å². The van der Waals surface area contributed by atoms with Crippen LogP contribution >= 0.6 is 0 Å². The van der Waals surface area contributed by atoms with Crippen molar-refractivity contribution in [2.45, 2.75) is 6.54 Å². The standard InChI is InChI=1S/C23H18N2O3/c26-18-10-6-9-17(13-18)24-14-21-19-11-4-5-12-20(19)22(27)25(23(21)28)15-16-7-2-1-3-8-16/h1-14,26,28H,15H2. The van der Waals surface area contributed by atoms with Crippen LogP contribution in [0.3, 0.4) is 0 Å². The molecule has 4 rings (SSSR count). The van der Waals surface area contributed by atoms with E-state index in [1.54, 1.807) is 36.4 Å². The number of nitrogens with zero attached hydrogens (tertiary/aromatic N) is 2. The van der Waals surface area contributed by atoms with Gasteiger partial charge in [-0.2, -0.15) is 0 Å². The summed E-state index contributed by atoms with van der Waals surface area (Å²) >= 11 is 0. The Bertz CT molecular complexity index is 1230. The Morgan fingerprint density at radius 2 is 1.57 bits per heavy atom. The van der Waals surface area contributed by atoms with Crippen LogP contribution in [-0.4, -0.2) is 21.0 Å². The number of pyridine rings is 1. The van der Waals surface area contributed by atoms with Crippen molar-refractivity contribution in [3.63, 3.8) is 0 Å². The number of aromatic hydroxyl groups is 2. The average Bonchev–Trinajstić information content (AvgIpc) is 2.72. The number of phenols is 1. The molecular weight excluding hydrogens is 352 g/mol. The van der Waals surface area contributed by atoms with Crippen molar-refractivity contribution in [2.24, 2.45) is 4.99 Å². The lowest BCUT2D eigenvalue weighted by molar-refractivity contribution is 0.416. The van der Waals surface area contributed by atoms with Crippen LogP contribution in [0.25, 0.3) is 10.8 Å². The highest BCUT2D eigenvalue weighted by Gasteiger charge is 2.15. The molecule has 28 heavy (non-hydrogen) atoms. The van der Waals surface area contributed by atoms with Crippen molar-refractivity contribution in [1.82, 2.24) is 4.57 Å². The van der Waals surface area contributed by atoms with Crippen molar-refractivity contribution >= 4 is 22.7 Å². The molecule has 0 spiro atoms. The van der Waals surface area contributed by atoms with Gasteiger partial charge in [0.05, 0.1) is 17.8 Å². The van der Waals surface area contributed by atoms with E-state index in [0.29, 0.717) is 22.0 Å². The zero-order chi connectivity index (χ0) is 19.5. The molecule has 5 nitrogen and oxygen atoms in total. The largest absolute Gasteiger partial charge is 0.508 e. The van der Waals surface area contributed by atoms with Gasteiger partial charge in [-0.3, -0.25) is 14.4 Å². The lowest BCUT2D eigenvalue weighted by atomic mass is 10.1. The highest BCUT2D eigenvalue weighted by atomic mass is 16.3. The number of hydrogen-bond acceptors (Lipinski definition) is 4. The molecule has 0 aliphatic heterocycles. The SMILES string of the molecule is O=c1c2ccccc2c(C=Nc2cccc(O)c2)c(O)n1Cc1ccccc1. The van der Waals surface area contributed by atoms with Crippen molar-refractivity contribution in [3.05, 3.63) is 100 Å². The third-order valence-corrected chi connectivity index (χ3v) is 4.55. The first kappa shape index (κ1) is 17.5. The van der Waals surface area contributed by atoms with E-state index < -0.39 is 0 Å². The third-order valence-electron chi connectivity index (χ3n) is 4.55. The second kappa shape index (κ2) is 7.40. The molecule has 0 saturated carbocycles. The molecule has 0 radical (unpaired) electrons. The number of fused-ring (bicyclic) bond motifs is 1. The minimum absolute atomic E-state index is 0.109. The predicted molar refractivity (Wildman–Crippen MR) is 111 cm³/mol. The second-order valence-electron chi connectivity index (χ2n) is 6.44. The first-order valence-electron chi connectivity index (χ1n) is 8.85. The third kappa shape index (κ3) is 3.38. The predicted octanol–water partition coefficient (Wildman–Crippen LogP) is 4.21. The first-order chi connectivity index (χ1) is 13.6. The summed E-state index contributed by atoms with van der Waals surface area (Å²) in [5.41, 5.74) is 1.65. The molecule has 0 fully saturated rings. The molecule has 1 heterocycles. The number of rotatable bonds is 4. The lowest BCUT2D eigenvalue weighted by Crippen LogP contribution is -2.22. The average molecular weight is 370 g/mol. The van der Waals surface area contributed by atoms with Crippen LogP contribution in [0.1, 0.15) is 11.1 Å². The number of hydrogen-bond donors (Lipinski definition) is 2. The summed E-state index contributed by atoms with van der Waals surface area (Å²) in [5.74, 6) is -0.0331. The van der Waals surface area contributed by atoms with Crippen LogP contribution in [-0.2, 0) is 6.54 Å². The maximum atomic E-state index is 13.0. The molecule has 0 aliphatic rings. The molecule has 138 valence electrons. The second-order valence-corrected chi connectivity index (χ2v) is 6.44. The van der Waals surface area contributed by atoms with E-state index in [4.69, 9.17) is 0 Å². The van der Waals surface area contributed by atoms with E-state index in [2.05, 4.69) is 4.99 Å². The summed E-state index contributed by atoms with van der Waals surface area (Å²) in [5, 5.41) is 21.6. The summed E-state index contributed by atoms with van der Waals surface area (Å²) in [6.07, 6.45) is 1.52. The van der Waals surface area contributed by atoms with Gasteiger partial charge in [-0.1, -0.05) is 54.6 Å². The molecule has 0 amide bonds. The van der Waals surface area contributed by atoms with Gasteiger partial charge in [0.15, 0.2) is 0 Å². The van der Waals surface area contributed by atoms with E-state index >= 15 is 0 Å². The van der Waals surface area contributed by atoms with Crippen LogP contribution in [0, 0.1) is 0 Å². The monoisotopic (exact) mass is 370 g/mol. The van der Waals surface area contributed by atoms with Crippen LogP contribution in [0.5, 0.6) is 11.6 Å². The van der Waals surface area contributed by atoms with E-state index in [-0.39, 0.29) is 23.7 Å². The Morgan fingerprint density at radius 3 is 2.32 bits per heavy atom. The summed E-state index contributed by atoms with van der Waals surface area (Å²) in [7, 11) is 0. The number of aliphatic imine (C=N–C) groups is 1. The molecular formula is C23H18N2O3. The minimum Gasteiger partial charge on any atom is -0.508 e. The van der Waals surface area contributed by atoms with Gasteiger partial charge in [0.1, 0.15) is 5.75 Å². The van der Waals surface area contributed by atoms with Crippen molar-refractivity contribution in [3.8, 4) is 11.6 Å². The van der Waals surface area contributed by atoms with E-state index in [1.807, 2.05) is 36.4 Å². The normalized spacial score (nSPS) is 11.3. The van der Waals surface area contributed by atoms with Crippen molar-refractivity contribution in [2.75, 3.05) is 0 Å². The maximum Gasteiger partial charge on any atom is 0.261 e. The number of aromatic nitrogens is 1. The summed E-state index contributed by atoms with van der Waals surface area (Å²) in [4.78, 5) is 17.3. The minimum atomic E-state index is -0.258. The number of phenolic OH excluding ortho intramolecular Hbond substituents is 1. The molecule has 4 aromatic rings. The van der Waals surface area contributed by atoms with Gasteiger partial charge in [-0.25, -0.2) is 0 Å². The van der Waals surface area contributed by atoms with E-state index in [1.165, 1.54) is 16.8 Å². The summed E-state index contributed by atoms with van der Waals surface area (Å²) in [6, 6.07) is 23.2. The van der Waals surface area contributed by atoms with Crippen molar-refractivity contribution < 1.29 is 10.2 Å². The highest BCUT2D eigenvalue weighted by Crippen LogP contribution is 2.25. The highest BCUT2D eigenvalue weighted by molar-refractivity contribution is 6.02. The molecule has 5 heteroatoms. The molecule has 0 unspecified atom stereocenters. The fourth-order valence-electron chi connectivity index (χ4n) is 3.16. The van der Waals surface area contributed by atoms with Gasteiger partial charge in [0.25, 0.3) is 5.56 Å². The van der Waals surface area contributed by atoms with Crippen LogP contribution in [0.4, 0.5) is 5.69 Å². The Kier molecular flexibility index (Phi) is 4.64. The lowest BCUT2D eigenvalue weighted by Gasteiger charge is -2.13. The molecule has 1 aromatic heterocycles. The zero-order valence-corrected chi connectivity index (χ0v) is 15.0. The Labute approximate surface area is 161 Å².